The maximum atomic E-state index is 10.7. The van der Waals surface area contributed by atoms with Crippen LogP contribution in [-0.4, -0.2) is 14.9 Å². The summed E-state index contributed by atoms with van der Waals surface area (Å²) in [6, 6.07) is 2.56. The van der Waals surface area contributed by atoms with Gasteiger partial charge < -0.3 is 0 Å². The molecule has 16 heavy (non-hydrogen) atoms. The summed E-state index contributed by atoms with van der Waals surface area (Å²) in [5.41, 5.74) is 8.76. The highest BCUT2D eigenvalue weighted by Gasteiger charge is 2.14. The number of nitrogens with zero attached hydrogens (tertiary/aromatic N) is 6. The molecule has 8 nitrogen and oxygen atoms in total. The summed E-state index contributed by atoms with van der Waals surface area (Å²) in [5.74, 6) is 0. The van der Waals surface area contributed by atoms with Gasteiger partial charge in [0.2, 0.25) is 0 Å². The van der Waals surface area contributed by atoms with Gasteiger partial charge in [-0.3, -0.25) is 20.1 Å². The van der Waals surface area contributed by atoms with E-state index >= 15 is 0 Å². The molecule has 0 unspecified atom stereocenters. The largest absolute Gasteiger partial charge is 0.281 e. The maximum absolute atomic E-state index is 10.7. The van der Waals surface area contributed by atoms with E-state index in [1.54, 1.807) is 0 Å². The van der Waals surface area contributed by atoms with Crippen molar-refractivity contribution in [2.24, 2.45) is 5.11 Å². The molecule has 1 aromatic carbocycles. The normalized spacial score (nSPS) is 9.75. The number of benzene rings is 1. The van der Waals surface area contributed by atoms with Gasteiger partial charge in [-0.05, 0) is 11.6 Å². The summed E-state index contributed by atoms with van der Waals surface area (Å²) in [7, 11) is 0. The number of nitro groups is 1. The number of azide groups is 1. The van der Waals surface area contributed by atoms with Gasteiger partial charge in [-0.1, -0.05) is 5.11 Å². The third kappa shape index (κ3) is 1.60. The van der Waals surface area contributed by atoms with Crippen LogP contribution in [0.1, 0.15) is 0 Å². The Morgan fingerprint density at radius 1 is 1.31 bits per heavy atom. The lowest BCUT2D eigenvalue weighted by atomic mass is 10.2. The predicted octanol–water partition coefficient (Wildman–Crippen LogP) is 2.48. The number of fused-ring (bicyclic) bond motifs is 1. The smallest absolute Gasteiger partial charge is 0.258 e. The zero-order chi connectivity index (χ0) is 11.5. The van der Waals surface area contributed by atoms with Crippen molar-refractivity contribution in [3.63, 3.8) is 0 Å². The Labute approximate surface area is 88.3 Å². The van der Waals surface area contributed by atoms with Gasteiger partial charge in [0, 0.05) is 23.4 Å². The van der Waals surface area contributed by atoms with Crippen molar-refractivity contribution in [1.29, 1.82) is 0 Å². The van der Waals surface area contributed by atoms with Crippen molar-refractivity contribution in [3.05, 3.63) is 45.1 Å². The van der Waals surface area contributed by atoms with Crippen molar-refractivity contribution in [2.75, 3.05) is 0 Å². The molecule has 1 heterocycles. The molecule has 0 radical (unpaired) electrons. The van der Waals surface area contributed by atoms with Crippen LogP contribution in [0.3, 0.4) is 0 Å². The Balaban J connectivity index is 2.80. The Morgan fingerprint density at radius 3 is 2.50 bits per heavy atom. The van der Waals surface area contributed by atoms with Gasteiger partial charge >= 0.3 is 0 Å². The van der Waals surface area contributed by atoms with E-state index < -0.39 is 4.92 Å². The van der Waals surface area contributed by atoms with E-state index in [-0.39, 0.29) is 11.4 Å². The molecule has 8 heteroatoms. The van der Waals surface area contributed by atoms with E-state index in [9.17, 15) is 10.1 Å². The summed E-state index contributed by atoms with van der Waals surface area (Å²) in [6.07, 6.45) is 2.88. The Morgan fingerprint density at radius 2 is 1.94 bits per heavy atom. The lowest BCUT2D eigenvalue weighted by molar-refractivity contribution is -0.383. The van der Waals surface area contributed by atoms with Crippen LogP contribution in [-0.2, 0) is 0 Å². The van der Waals surface area contributed by atoms with Crippen LogP contribution >= 0.6 is 0 Å². The Hall–Kier alpha value is -2.73. The van der Waals surface area contributed by atoms with E-state index in [4.69, 9.17) is 5.53 Å². The first kappa shape index (κ1) is 9.81. The van der Waals surface area contributed by atoms with Crippen LogP contribution in [0.15, 0.2) is 29.6 Å². The van der Waals surface area contributed by atoms with E-state index in [1.165, 1.54) is 24.5 Å². The quantitative estimate of drug-likeness (QED) is 0.252. The minimum Gasteiger partial charge on any atom is -0.258 e. The van der Waals surface area contributed by atoms with Crippen molar-refractivity contribution < 1.29 is 4.92 Å². The fraction of sp³-hybridized carbons (Fsp3) is 0. The number of nitro benzene ring substituents is 1. The molecule has 0 aliphatic carbocycles. The molecule has 78 valence electrons. The van der Waals surface area contributed by atoms with Gasteiger partial charge in [0.1, 0.15) is 5.69 Å². The number of aromatic nitrogens is 2. The molecule has 0 bridgehead atoms. The second kappa shape index (κ2) is 3.79. The van der Waals surface area contributed by atoms with Crippen LogP contribution in [0.5, 0.6) is 0 Å². The number of rotatable bonds is 2. The second-order valence-electron chi connectivity index (χ2n) is 2.83. The molecule has 0 aliphatic rings. The van der Waals surface area contributed by atoms with Gasteiger partial charge in [0.25, 0.3) is 5.69 Å². The number of hydrogen-bond acceptors (Lipinski definition) is 5. The molecule has 0 spiro atoms. The van der Waals surface area contributed by atoms with E-state index in [2.05, 4.69) is 20.0 Å². The second-order valence-corrected chi connectivity index (χ2v) is 2.83. The van der Waals surface area contributed by atoms with Gasteiger partial charge in [-0.25, -0.2) is 0 Å². The van der Waals surface area contributed by atoms with Crippen molar-refractivity contribution >= 4 is 22.4 Å². The van der Waals surface area contributed by atoms with Crippen molar-refractivity contribution in [2.45, 2.75) is 0 Å². The van der Waals surface area contributed by atoms with Gasteiger partial charge in [0.05, 0.1) is 16.0 Å². The molecule has 0 saturated heterocycles. The lowest BCUT2D eigenvalue weighted by Gasteiger charge is -1.98. The molecule has 2 rings (SSSR count). The summed E-state index contributed by atoms with van der Waals surface area (Å²) in [4.78, 5) is 20.5. The first-order valence-corrected chi connectivity index (χ1v) is 4.16. The molecular formula is C8H4N6O2. The summed E-state index contributed by atoms with van der Waals surface area (Å²) >= 11 is 0. The molecule has 1 aromatic heterocycles. The zero-order valence-electron chi connectivity index (χ0n) is 7.81. The van der Waals surface area contributed by atoms with E-state index in [0.717, 1.165) is 0 Å². The topological polar surface area (TPSA) is 118 Å². The minimum absolute atomic E-state index is 0.0690. The van der Waals surface area contributed by atoms with Crippen LogP contribution < -0.4 is 0 Å². The SMILES string of the molecule is [N-]=[N+]=Nc1cc2nccnc2cc1[N+](=O)[O-]. The molecular weight excluding hydrogens is 212 g/mol. The lowest BCUT2D eigenvalue weighted by Crippen LogP contribution is -1.90. The van der Waals surface area contributed by atoms with Crippen molar-refractivity contribution in [3.8, 4) is 0 Å². The van der Waals surface area contributed by atoms with Gasteiger partial charge in [-0.15, -0.1) is 0 Å². The monoisotopic (exact) mass is 216 g/mol. The van der Waals surface area contributed by atoms with E-state index in [1.807, 2.05) is 0 Å². The predicted molar refractivity (Wildman–Crippen MR) is 55.0 cm³/mol. The maximum Gasteiger partial charge on any atom is 0.281 e. The molecule has 0 amide bonds. The molecule has 0 fully saturated rings. The minimum atomic E-state index is -0.627. The highest BCUT2D eigenvalue weighted by molar-refractivity contribution is 5.83. The van der Waals surface area contributed by atoms with Gasteiger partial charge in [-0.2, -0.15) is 0 Å². The fourth-order valence-electron chi connectivity index (χ4n) is 1.26. The standard InChI is InChI=1S/C8H4N6O2/c9-13-12-7-3-5-6(11-2-1-10-5)4-8(7)14(15)16/h1-4H. The zero-order valence-corrected chi connectivity index (χ0v) is 7.81. The van der Waals surface area contributed by atoms with Crippen LogP contribution in [0.2, 0.25) is 0 Å². The molecule has 0 atom stereocenters. The first-order valence-electron chi connectivity index (χ1n) is 4.16. The van der Waals surface area contributed by atoms with Crippen LogP contribution in [0.25, 0.3) is 21.5 Å². The fourth-order valence-corrected chi connectivity index (χ4v) is 1.26. The first-order chi connectivity index (χ1) is 7.72. The summed E-state index contributed by atoms with van der Waals surface area (Å²) in [5, 5.41) is 14.0. The average molecular weight is 216 g/mol. The summed E-state index contributed by atoms with van der Waals surface area (Å²) in [6.45, 7) is 0. The van der Waals surface area contributed by atoms with Crippen molar-refractivity contribution in [1.82, 2.24) is 9.97 Å². The molecule has 0 aliphatic heterocycles. The molecule has 0 saturated carbocycles. The Kier molecular flexibility index (Phi) is 2.33. The Bertz CT molecular complexity index is 578. The van der Waals surface area contributed by atoms with Crippen LogP contribution in [0.4, 0.5) is 11.4 Å². The van der Waals surface area contributed by atoms with Crippen LogP contribution in [0, 0.1) is 10.1 Å². The number of hydrogen-bond donors (Lipinski definition) is 0. The average Bonchev–Trinajstić information content (AvgIpc) is 2.28. The third-order valence-corrected chi connectivity index (χ3v) is 1.91. The van der Waals surface area contributed by atoms with E-state index in [0.29, 0.717) is 11.0 Å². The highest BCUT2D eigenvalue weighted by atomic mass is 16.6. The third-order valence-electron chi connectivity index (χ3n) is 1.91. The molecule has 2 aromatic rings. The van der Waals surface area contributed by atoms with Gasteiger partial charge in [0.15, 0.2) is 0 Å². The summed E-state index contributed by atoms with van der Waals surface area (Å²) < 4.78 is 0. The molecule has 0 N–H and O–H groups in total. The highest BCUT2D eigenvalue weighted by Crippen LogP contribution is 2.30.